The molecule has 1 aromatic rings. The van der Waals surface area contributed by atoms with Crippen molar-refractivity contribution in [3.8, 4) is 0 Å². The lowest BCUT2D eigenvalue weighted by Crippen LogP contribution is -2.41. The second-order valence-electron chi connectivity index (χ2n) is 3.21. The molecular formula is C9H12N2O5. The van der Waals surface area contributed by atoms with Crippen LogP contribution >= 0.6 is 0 Å². The highest BCUT2D eigenvalue weighted by Crippen LogP contribution is 2.03. The fourth-order valence-corrected chi connectivity index (χ4v) is 1.09. The highest BCUT2D eigenvalue weighted by atomic mass is 16.5. The van der Waals surface area contributed by atoms with E-state index in [1.807, 2.05) is 0 Å². The Bertz CT molecular complexity index is 387. The second-order valence-corrected chi connectivity index (χ2v) is 3.21. The predicted molar refractivity (Wildman–Crippen MR) is 51.8 cm³/mol. The van der Waals surface area contributed by atoms with E-state index in [-0.39, 0.29) is 18.8 Å². The third-order valence-corrected chi connectivity index (χ3v) is 1.87. The summed E-state index contributed by atoms with van der Waals surface area (Å²) in [6.07, 6.45) is -0.0613. The largest absolute Gasteiger partial charge is 0.480 e. The average molecular weight is 228 g/mol. The number of nitrogens with zero attached hydrogens (tertiary/aromatic N) is 1. The first-order chi connectivity index (χ1) is 7.54. The van der Waals surface area contributed by atoms with E-state index in [4.69, 9.17) is 10.2 Å². The molecule has 0 bridgehead atoms. The van der Waals surface area contributed by atoms with Gasteiger partial charge in [-0.3, -0.25) is 4.79 Å². The van der Waals surface area contributed by atoms with Crippen LogP contribution < -0.4 is 5.32 Å². The molecule has 0 saturated heterocycles. The van der Waals surface area contributed by atoms with Crippen LogP contribution in [0.15, 0.2) is 10.6 Å². The van der Waals surface area contributed by atoms with Gasteiger partial charge in [0.1, 0.15) is 6.04 Å². The Kier molecular flexibility index (Phi) is 4.01. The van der Waals surface area contributed by atoms with Crippen molar-refractivity contribution >= 4 is 11.9 Å². The van der Waals surface area contributed by atoms with E-state index in [1.165, 1.54) is 6.07 Å². The van der Waals surface area contributed by atoms with Crippen molar-refractivity contribution in [2.24, 2.45) is 0 Å². The first-order valence-electron chi connectivity index (χ1n) is 4.62. The summed E-state index contributed by atoms with van der Waals surface area (Å²) in [7, 11) is 0. The maximum atomic E-state index is 11.5. The number of carbonyl (C=O) groups is 2. The number of carbonyl (C=O) groups excluding carboxylic acids is 1. The Morgan fingerprint density at radius 1 is 1.62 bits per heavy atom. The van der Waals surface area contributed by atoms with Crippen LogP contribution in [-0.2, 0) is 4.79 Å². The first kappa shape index (κ1) is 12.2. The highest BCUT2D eigenvalue weighted by Gasteiger charge is 2.21. The molecule has 1 atom stereocenters. The molecule has 0 aliphatic carbocycles. The van der Waals surface area contributed by atoms with Crippen LogP contribution in [0.2, 0.25) is 0 Å². The number of hydrogen-bond acceptors (Lipinski definition) is 5. The molecule has 0 saturated carbocycles. The monoisotopic (exact) mass is 228 g/mol. The zero-order valence-corrected chi connectivity index (χ0v) is 8.64. The molecule has 7 nitrogen and oxygen atoms in total. The Morgan fingerprint density at radius 3 is 2.75 bits per heavy atom. The number of aliphatic carboxylic acids is 1. The Morgan fingerprint density at radius 2 is 2.31 bits per heavy atom. The van der Waals surface area contributed by atoms with Crippen molar-refractivity contribution in [3.05, 3.63) is 17.5 Å². The fourth-order valence-electron chi connectivity index (χ4n) is 1.09. The summed E-state index contributed by atoms with van der Waals surface area (Å²) in [4.78, 5) is 22.1. The van der Waals surface area contributed by atoms with Gasteiger partial charge in [0, 0.05) is 19.1 Å². The molecule has 3 N–H and O–H groups in total. The van der Waals surface area contributed by atoms with Crippen LogP contribution in [0.4, 0.5) is 0 Å². The Balaban J connectivity index is 2.65. The van der Waals surface area contributed by atoms with Gasteiger partial charge < -0.3 is 20.1 Å². The van der Waals surface area contributed by atoms with Crippen molar-refractivity contribution in [2.75, 3.05) is 6.61 Å². The van der Waals surface area contributed by atoms with Crippen molar-refractivity contribution in [1.29, 1.82) is 0 Å². The van der Waals surface area contributed by atoms with Gasteiger partial charge in [0.05, 0.1) is 5.69 Å². The molecule has 1 heterocycles. The summed E-state index contributed by atoms with van der Waals surface area (Å²) >= 11 is 0. The van der Waals surface area contributed by atoms with E-state index < -0.39 is 17.9 Å². The smallest absolute Gasteiger partial charge is 0.326 e. The van der Waals surface area contributed by atoms with Crippen molar-refractivity contribution in [1.82, 2.24) is 10.5 Å². The molecule has 1 amide bonds. The molecule has 0 aliphatic rings. The van der Waals surface area contributed by atoms with E-state index in [0.717, 1.165) is 0 Å². The SMILES string of the molecule is Cc1cc(C(=O)N[C@@H](CCO)C(=O)O)on1. The molecule has 0 spiro atoms. The van der Waals surface area contributed by atoms with Crippen molar-refractivity contribution in [2.45, 2.75) is 19.4 Å². The van der Waals surface area contributed by atoms with Gasteiger partial charge in [-0.05, 0) is 6.92 Å². The zero-order valence-electron chi connectivity index (χ0n) is 8.64. The molecule has 16 heavy (non-hydrogen) atoms. The minimum atomic E-state index is -1.21. The van der Waals surface area contributed by atoms with E-state index in [0.29, 0.717) is 5.69 Å². The van der Waals surface area contributed by atoms with Crippen LogP contribution in [0, 0.1) is 6.92 Å². The minimum absolute atomic E-state index is 0.0540. The second kappa shape index (κ2) is 5.26. The molecular weight excluding hydrogens is 216 g/mol. The number of aliphatic hydroxyl groups is 1. The number of rotatable bonds is 5. The number of aromatic nitrogens is 1. The molecule has 0 aromatic carbocycles. The quantitative estimate of drug-likeness (QED) is 0.629. The average Bonchev–Trinajstić information content (AvgIpc) is 2.64. The summed E-state index contributed by atoms with van der Waals surface area (Å²) in [6, 6.07) is 0.260. The van der Waals surface area contributed by atoms with E-state index >= 15 is 0 Å². The van der Waals surface area contributed by atoms with Crippen LogP contribution in [0.25, 0.3) is 0 Å². The lowest BCUT2D eigenvalue weighted by Gasteiger charge is -2.11. The van der Waals surface area contributed by atoms with Crippen LogP contribution in [0.1, 0.15) is 22.7 Å². The van der Waals surface area contributed by atoms with E-state index in [9.17, 15) is 9.59 Å². The normalized spacial score (nSPS) is 12.1. The Hall–Kier alpha value is -1.89. The maximum absolute atomic E-state index is 11.5. The van der Waals surface area contributed by atoms with Gasteiger partial charge in [0.15, 0.2) is 0 Å². The van der Waals surface area contributed by atoms with Gasteiger partial charge in [-0.1, -0.05) is 5.16 Å². The molecule has 88 valence electrons. The lowest BCUT2D eigenvalue weighted by atomic mass is 10.2. The number of carboxylic acids is 1. The molecule has 1 rings (SSSR count). The summed E-state index contributed by atoms with van der Waals surface area (Å²) in [5.41, 5.74) is 0.527. The van der Waals surface area contributed by atoms with Gasteiger partial charge >= 0.3 is 5.97 Å². The number of aryl methyl sites for hydroxylation is 1. The van der Waals surface area contributed by atoms with E-state index in [1.54, 1.807) is 6.92 Å². The maximum Gasteiger partial charge on any atom is 0.326 e. The molecule has 0 radical (unpaired) electrons. The third kappa shape index (κ3) is 3.06. The summed E-state index contributed by atoms with van der Waals surface area (Å²) in [6.45, 7) is 1.31. The van der Waals surface area contributed by atoms with Gasteiger partial charge in [0.25, 0.3) is 5.91 Å². The van der Waals surface area contributed by atoms with Gasteiger partial charge in [-0.25, -0.2) is 4.79 Å². The minimum Gasteiger partial charge on any atom is -0.480 e. The standard InChI is InChI=1S/C9H12N2O5/c1-5-4-7(16-11-5)8(13)10-6(2-3-12)9(14)15/h4,6,12H,2-3H2,1H3,(H,10,13)(H,14,15)/t6-/m0/s1. The molecule has 0 aliphatic heterocycles. The number of amides is 1. The summed E-state index contributed by atoms with van der Waals surface area (Å²) < 4.78 is 4.67. The van der Waals surface area contributed by atoms with Crippen LogP contribution in [0.5, 0.6) is 0 Å². The molecule has 0 fully saturated rings. The van der Waals surface area contributed by atoms with Gasteiger partial charge in [-0.15, -0.1) is 0 Å². The summed E-state index contributed by atoms with van der Waals surface area (Å²) in [5, 5.41) is 23.1. The molecule has 1 aromatic heterocycles. The fraction of sp³-hybridized carbons (Fsp3) is 0.444. The van der Waals surface area contributed by atoms with E-state index in [2.05, 4.69) is 15.0 Å². The number of carboxylic acid groups (broad SMARTS) is 1. The van der Waals surface area contributed by atoms with Gasteiger partial charge in [0.2, 0.25) is 5.76 Å². The number of aliphatic hydroxyl groups excluding tert-OH is 1. The Labute approximate surface area is 91.0 Å². The number of hydrogen-bond donors (Lipinski definition) is 3. The first-order valence-corrected chi connectivity index (χ1v) is 4.62. The van der Waals surface area contributed by atoms with Crippen molar-refractivity contribution < 1.29 is 24.3 Å². The highest BCUT2D eigenvalue weighted by molar-refractivity contribution is 5.94. The topological polar surface area (TPSA) is 113 Å². The van der Waals surface area contributed by atoms with Crippen LogP contribution in [-0.4, -0.2) is 39.9 Å². The zero-order chi connectivity index (χ0) is 12.1. The molecule has 7 heteroatoms. The summed E-state index contributed by atoms with van der Waals surface area (Å²) in [5.74, 6) is -1.93. The van der Waals surface area contributed by atoms with Gasteiger partial charge in [-0.2, -0.15) is 0 Å². The predicted octanol–water partition coefficient (Wildman–Crippen LogP) is -0.452. The van der Waals surface area contributed by atoms with Crippen LogP contribution in [0.3, 0.4) is 0 Å². The third-order valence-electron chi connectivity index (χ3n) is 1.87. The van der Waals surface area contributed by atoms with Crippen molar-refractivity contribution in [3.63, 3.8) is 0 Å². The molecule has 0 unspecified atom stereocenters. The number of nitrogens with one attached hydrogen (secondary N) is 1. The lowest BCUT2D eigenvalue weighted by molar-refractivity contribution is -0.139.